The van der Waals surface area contributed by atoms with Gasteiger partial charge in [0.1, 0.15) is 0 Å². The van der Waals surface area contributed by atoms with E-state index in [1.165, 1.54) is 21.1 Å². The first-order valence-electron chi connectivity index (χ1n) is 20.4. The summed E-state index contributed by atoms with van der Waals surface area (Å²) < 4.78 is 0. The van der Waals surface area contributed by atoms with Crippen LogP contribution in [-0.4, -0.2) is 16.1 Å². The van der Waals surface area contributed by atoms with Crippen LogP contribution in [0.4, 0.5) is 34.1 Å². The molecule has 8 aromatic carbocycles. The topological polar surface area (TPSA) is 54.1 Å². The second-order valence-electron chi connectivity index (χ2n) is 17.5. The summed E-state index contributed by atoms with van der Waals surface area (Å²) in [5, 5.41) is 26.4. The van der Waals surface area contributed by atoms with Crippen molar-refractivity contribution < 1.29 is 0 Å². The van der Waals surface area contributed by atoms with E-state index < -0.39 is 16.1 Å². The lowest BCUT2D eigenvalue weighted by atomic mass is 10.0. The van der Waals surface area contributed by atoms with Crippen molar-refractivity contribution in [2.45, 2.75) is 39.3 Å². The molecule has 0 aliphatic heterocycles. The lowest BCUT2D eigenvalue weighted by molar-refractivity contribution is 1.29. The minimum atomic E-state index is -1.45. The number of nitrogens with zero attached hydrogens (tertiary/aromatic N) is 4. The highest BCUT2D eigenvalue weighted by Crippen LogP contribution is 2.38. The van der Waals surface area contributed by atoms with Crippen molar-refractivity contribution in [3.8, 4) is 12.1 Å². The van der Waals surface area contributed by atoms with Gasteiger partial charge in [0.05, 0.1) is 39.4 Å². The summed E-state index contributed by atoms with van der Waals surface area (Å²) in [5.41, 5.74) is 9.88. The van der Waals surface area contributed by atoms with E-state index in [2.05, 4.69) is 195 Å². The van der Waals surface area contributed by atoms with E-state index in [-0.39, 0.29) is 0 Å². The third-order valence-corrected chi connectivity index (χ3v) is 15.3. The lowest BCUT2D eigenvalue weighted by Crippen LogP contribution is -2.37. The van der Waals surface area contributed by atoms with Gasteiger partial charge in [-0.1, -0.05) is 122 Å². The molecule has 4 nitrogen and oxygen atoms in total. The molecule has 0 unspecified atom stereocenters. The van der Waals surface area contributed by atoms with Crippen molar-refractivity contribution in [2.75, 3.05) is 9.80 Å². The van der Waals surface area contributed by atoms with Crippen molar-refractivity contribution in [1.82, 2.24) is 0 Å². The zero-order chi connectivity index (χ0) is 42.0. The van der Waals surface area contributed by atoms with Gasteiger partial charge >= 0.3 is 0 Å². The van der Waals surface area contributed by atoms with E-state index in [0.717, 1.165) is 56.0 Å². The summed E-state index contributed by atoms with van der Waals surface area (Å²) in [6.07, 6.45) is 4.37. The molecular weight excluding hydrogens is 761 g/mol. The van der Waals surface area contributed by atoms with E-state index in [1.54, 1.807) is 0 Å². The van der Waals surface area contributed by atoms with Crippen LogP contribution in [0.1, 0.15) is 22.3 Å². The Morgan fingerprint density at radius 2 is 0.633 bits per heavy atom. The maximum Gasteiger partial charge on any atom is 0.0991 e. The smallest absolute Gasteiger partial charge is 0.0991 e. The molecule has 0 spiro atoms. The highest BCUT2D eigenvalue weighted by Gasteiger charge is 2.20. The third-order valence-electron chi connectivity index (χ3n) is 11.2. The maximum atomic E-state index is 9.45. The van der Waals surface area contributed by atoms with Crippen LogP contribution in [0.5, 0.6) is 0 Å². The maximum absolute atomic E-state index is 9.45. The highest BCUT2D eigenvalue weighted by atomic mass is 28.3. The predicted octanol–water partition coefficient (Wildman–Crippen LogP) is 13.9. The molecule has 0 radical (unpaired) electrons. The molecule has 0 saturated carbocycles. The van der Waals surface area contributed by atoms with Gasteiger partial charge in [-0.2, -0.15) is 10.5 Å². The molecule has 0 N–H and O–H groups in total. The van der Waals surface area contributed by atoms with Crippen LogP contribution >= 0.6 is 0 Å². The Kier molecular flexibility index (Phi) is 10.9. The number of rotatable bonds is 10. The van der Waals surface area contributed by atoms with Crippen molar-refractivity contribution >= 4 is 94.3 Å². The normalized spacial score (nSPS) is 11.7. The van der Waals surface area contributed by atoms with Crippen LogP contribution in [-0.2, 0) is 0 Å². The van der Waals surface area contributed by atoms with Crippen molar-refractivity contribution in [2.24, 2.45) is 0 Å². The van der Waals surface area contributed by atoms with E-state index >= 15 is 0 Å². The summed E-state index contributed by atoms with van der Waals surface area (Å²) in [5.74, 6) is 0. The third kappa shape index (κ3) is 8.58. The summed E-state index contributed by atoms with van der Waals surface area (Å²) in [4.78, 5) is 4.53. The van der Waals surface area contributed by atoms with Crippen LogP contribution in [0.2, 0.25) is 39.3 Å². The summed E-state index contributed by atoms with van der Waals surface area (Å²) in [7, 11) is -2.90. The van der Waals surface area contributed by atoms with E-state index in [1.807, 2.05) is 48.5 Å². The summed E-state index contributed by atoms with van der Waals surface area (Å²) in [6.45, 7) is 14.2. The highest BCUT2D eigenvalue weighted by molar-refractivity contribution is 6.89. The van der Waals surface area contributed by atoms with E-state index in [0.29, 0.717) is 11.1 Å². The molecule has 8 aromatic rings. The Balaban J connectivity index is 1.06. The standard InChI is InChI=1S/C54H48N4Si2/c1-59(2,3)53-29-25-49(26-30-53)57(47-19-11-41(37-55)12-20-47)51-23-17-43-33-39(9-15-45(43)35-51)7-8-40-10-16-46-36-52(24-18-44(46)34-40)58(48-21-13-42(38-56)14-22-48)50-27-31-54(32-28-50)60(4,5)6/h7-36H,1-6H3/b8-7+. The number of anilines is 6. The van der Waals surface area contributed by atoms with Gasteiger partial charge < -0.3 is 9.80 Å². The molecule has 8 rings (SSSR count). The average molecular weight is 809 g/mol. The van der Waals surface area contributed by atoms with Gasteiger partial charge in [0.2, 0.25) is 0 Å². The molecule has 0 saturated heterocycles. The fourth-order valence-electron chi connectivity index (χ4n) is 7.67. The number of hydrogen-bond donors (Lipinski definition) is 0. The quantitative estimate of drug-likeness (QED) is 0.102. The second kappa shape index (κ2) is 16.4. The van der Waals surface area contributed by atoms with Crippen LogP contribution in [0.25, 0.3) is 33.7 Å². The van der Waals surface area contributed by atoms with Gasteiger partial charge in [0.25, 0.3) is 0 Å². The molecule has 0 atom stereocenters. The largest absolute Gasteiger partial charge is 0.310 e. The molecule has 0 amide bonds. The fraction of sp³-hybridized carbons (Fsp3) is 0.111. The number of hydrogen-bond acceptors (Lipinski definition) is 4. The van der Waals surface area contributed by atoms with Gasteiger partial charge in [-0.25, -0.2) is 0 Å². The Labute approximate surface area is 356 Å². The first kappa shape index (κ1) is 39.8. The molecule has 0 aliphatic carbocycles. The van der Waals surface area contributed by atoms with E-state index in [4.69, 9.17) is 0 Å². The summed E-state index contributed by atoms with van der Waals surface area (Å²) in [6, 6.07) is 64.6. The molecular formula is C54H48N4Si2. The molecule has 292 valence electrons. The minimum Gasteiger partial charge on any atom is -0.310 e. The zero-order valence-electron chi connectivity index (χ0n) is 35.1. The number of benzene rings is 8. The zero-order valence-corrected chi connectivity index (χ0v) is 37.1. The first-order valence-corrected chi connectivity index (χ1v) is 27.4. The molecule has 0 heterocycles. The number of fused-ring (bicyclic) bond motifs is 2. The van der Waals surface area contributed by atoms with Crippen LogP contribution < -0.4 is 20.2 Å². The van der Waals surface area contributed by atoms with Crippen LogP contribution in [0, 0.1) is 22.7 Å². The Morgan fingerprint density at radius 3 is 0.950 bits per heavy atom. The van der Waals surface area contributed by atoms with Gasteiger partial charge in [-0.05, 0) is 142 Å². The molecule has 60 heavy (non-hydrogen) atoms. The SMILES string of the molecule is C[Si](C)(C)c1ccc(N(c2ccc(C#N)cc2)c2ccc3cc(/C=C/c4ccc5cc(N(c6ccc(C#N)cc6)c6ccc([Si](C)(C)C)cc6)ccc5c4)ccc3c2)cc1. The molecule has 0 fully saturated rings. The Bertz CT molecular complexity index is 2740. The van der Waals surface area contributed by atoms with Gasteiger partial charge in [0, 0.05) is 34.1 Å². The monoisotopic (exact) mass is 808 g/mol. The molecule has 0 aromatic heterocycles. The molecule has 0 bridgehead atoms. The predicted molar refractivity (Wildman–Crippen MR) is 262 cm³/mol. The Morgan fingerprint density at radius 1 is 0.350 bits per heavy atom. The molecule has 0 aliphatic rings. The average Bonchev–Trinajstić information content (AvgIpc) is 3.26. The lowest BCUT2D eigenvalue weighted by Gasteiger charge is -2.27. The van der Waals surface area contributed by atoms with Crippen molar-refractivity contribution in [3.63, 3.8) is 0 Å². The van der Waals surface area contributed by atoms with Gasteiger partial charge in [-0.3, -0.25) is 0 Å². The van der Waals surface area contributed by atoms with Crippen LogP contribution in [0.15, 0.2) is 170 Å². The van der Waals surface area contributed by atoms with E-state index in [9.17, 15) is 10.5 Å². The number of nitriles is 2. The second-order valence-corrected chi connectivity index (χ2v) is 27.7. The van der Waals surface area contributed by atoms with Gasteiger partial charge in [0.15, 0.2) is 0 Å². The Hall–Kier alpha value is -6.97. The van der Waals surface area contributed by atoms with Crippen LogP contribution in [0.3, 0.4) is 0 Å². The van der Waals surface area contributed by atoms with Gasteiger partial charge in [-0.15, -0.1) is 0 Å². The molecule has 6 heteroatoms. The fourth-order valence-corrected chi connectivity index (χ4v) is 10.0. The first-order chi connectivity index (χ1) is 28.9. The summed E-state index contributed by atoms with van der Waals surface area (Å²) >= 11 is 0. The van der Waals surface area contributed by atoms with Crippen molar-refractivity contribution in [1.29, 1.82) is 10.5 Å². The van der Waals surface area contributed by atoms with Crippen molar-refractivity contribution in [3.05, 3.63) is 192 Å². The minimum absolute atomic E-state index is 0.645.